The quantitative estimate of drug-likeness (QED) is 0.604. The number of aromatic nitrogens is 1. The van der Waals surface area contributed by atoms with E-state index in [9.17, 15) is 8.42 Å². The van der Waals surface area contributed by atoms with Crippen LogP contribution in [0.2, 0.25) is 0 Å². The van der Waals surface area contributed by atoms with Crippen molar-refractivity contribution in [2.45, 2.75) is 44.7 Å². The van der Waals surface area contributed by atoms with E-state index >= 15 is 0 Å². The lowest BCUT2D eigenvalue weighted by Gasteiger charge is -2.08. The van der Waals surface area contributed by atoms with Gasteiger partial charge in [0, 0.05) is 38.6 Å². The summed E-state index contributed by atoms with van der Waals surface area (Å²) < 4.78 is 33.8. The summed E-state index contributed by atoms with van der Waals surface area (Å²) in [6.45, 7) is 7.24. The number of rotatable bonds is 11. The predicted octanol–water partition coefficient (Wildman–Crippen LogP) is 1.32. The van der Waals surface area contributed by atoms with Gasteiger partial charge in [0.2, 0.25) is 10.0 Å². The van der Waals surface area contributed by atoms with E-state index in [2.05, 4.69) is 23.9 Å². The summed E-state index contributed by atoms with van der Waals surface area (Å²) in [6.07, 6.45) is 3.73. The van der Waals surface area contributed by atoms with Crippen LogP contribution in [0.25, 0.3) is 0 Å². The van der Waals surface area contributed by atoms with Gasteiger partial charge in [0.15, 0.2) is 0 Å². The molecule has 0 fully saturated rings. The van der Waals surface area contributed by atoms with Crippen LogP contribution >= 0.6 is 0 Å². The second-order valence-electron chi connectivity index (χ2n) is 4.93. The zero-order valence-electron chi connectivity index (χ0n) is 13.2. The number of methoxy groups -OCH3 is 1. The molecule has 7 heteroatoms. The molecule has 0 radical (unpaired) electrons. The molecule has 1 aromatic heterocycles. The molecule has 0 amide bonds. The van der Waals surface area contributed by atoms with Gasteiger partial charge in [0.1, 0.15) is 0 Å². The molecule has 0 aliphatic rings. The van der Waals surface area contributed by atoms with Gasteiger partial charge in [-0.3, -0.25) is 0 Å². The van der Waals surface area contributed by atoms with Crippen LogP contribution in [0, 0.1) is 0 Å². The van der Waals surface area contributed by atoms with Gasteiger partial charge in [0.05, 0.1) is 11.5 Å². The summed E-state index contributed by atoms with van der Waals surface area (Å²) in [5.74, 6) is 0. The fourth-order valence-electron chi connectivity index (χ4n) is 2.02. The maximum atomic E-state index is 12.2. The van der Waals surface area contributed by atoms with Gasteiger partial charge >= 0.3 is 0 Å². The second kappa shape index (κ2) is 9.19. The van der Waals surface area contributed by atoms with Gasteiger partial charge in [-0.25, -0.2) is 13.1 Å². The zero-order chi connectivity index (χ0) is 15.7. The third-order valence-corrected chi connectivity index (χ3v) is 4.49. The van der Waals surface area contributed by atoms with Crippen LogP contribution in [-0.2, 0) is 27.8 Å². The molecular formula is C14H27N3O3S. The molecule has 122 valence electrons. The van der Waals surface area contributed by atoms with E-state index in [0.717, 1.165) is 31.6 Å². The normalized spacial score (nSPS) is 12.0. The number of nitrogens with zero attached hydrogens (tertiary/aromatic N) is 1. The number of hydrogen-bond acceptors (Lipinski definition) is 4. The lowest BCUT2D eigenvalue weighted by atomic mass is 10.4. The van der Waals surface area contributed by atoms with Gasteiger partial charge in [-0.05, 0) is 25.5 Å². The van der Waals surface area contributed by atoms with Gasteiger partial charge < -0.3 is 14.6 Å². The van der Waals surface area contributed by atoms with E-state index in [1.54, 1.807) is 19.4 Å². The average molecular weight is 317 g/mol. The molecule has 1 rings (SSSR count). The highest BCUT2D eigenvalue weighted by Crippen LogP contribution is 2.15. The molecule has 0 atom stereocenters. The minimum absolute atomic E-state index is 0.279. The largest absolute Gasteiger partial charge is 0.383 e. The van der Waals surface area contributed by atoms with E-state index in [1.165, 1.54) is 0 Å². The minimum Gasteiger partial charge on any atom is -0.383 e. The zero-order valence-corrected chi connectivity index (χ0v) is 14.0. The summed E-state index contributed by atoms with van der Waals surface area (Å²) in [6, 6.07) is 1.74. The maximum absolute atomic E-state index is 12.2. The van der Waals surface area contributed by atoms with Crippen molar-refractivity contribution in [2.24, 2.45) is 0 Å². The number of aryl methyl sites for hydroxylation is 1. The Hall–Kier alpha value is -0.890. The first kappa shape index (κ1) is 18.2. The lowest BCUT2D eigenvalue weighted by Crippen LogP contribution is -2.26. The molecular weight excluding hydrogens is 290 g/mol. The molecule has 0 aliphatic heterocycles. The lowest BCUT2D eigenvalue weighted by molar-refractivity contribution is 0.204. The highest BCUT2D eigenvalue weighted by molar-refractivity contribution is 7.89. The van der Waals surface area contributed by atoms with E-state index < -0.39 is 10.0 Å². The first-order chi connectivity index (χ1) is 10.0. The Morgan fingerprint density at radius 3 is 2.62 bits per heavy atom. The Kier molecular flexibility index (Phi) is 7.95. The van der Waals surface area contributed by atoms with Crippen LogP contribution in [0.15, 0.2) is 17.2 Å². The molecule has 0 aliphatic carbocycles. The van der Waals surface area contributed by atoms with Crippen molar-refractivity contribution in [1.82, 2.24) is 14.6 Å². The van der Waals surface area contributed by atoms with Crippen molar-refractivity contribution in [1.29, 1.82) is 0 Å². The Balaban J connectivity index is 2.84. The molecule has 0 saturated carbocycles. The van der Waals surface area contributed by atoms with Gasteiger partial charge in [0.25, 0.3) is 0 Å². The van der Waals surface area contributed by atoms with Crippen LogP contribution in [0.4, 0.5) is 0 Å². The molecule has 0 saturated heterocycles. The number of hydrogen-bond donors (Lipinski definition) is 2. The molecule has 6 nitrogen and oxygen atoms in total. The Labute approximate surface area is 127 Å². The van der Waals surface area contributed by atoms with Crippen molar-refractivity contribution in [3.8, 4) is 0 Å². The topological polar surface area (TPSA) is 72.4 Å². The molecule has 1 aromatic rings. The molecule has 0 spiro atoms. The van der Waals surface area contributed by atoms with Crippen LogP contribution in [-0.4, -0.2) is 39.8 Å². The summed E-state index contributed by atoms with van der Waals surface area (Å²) in [5.41, 5.74) is 0.998. The van der Waals surface area contributed by atoms with Crippen molar-refractivity contribution in [3.63, 3.8) is 0 Å². The monoisotopic (exact) mass is 317 g/mol. The average Bonchev–Trinajstić information content (AvgIpc) is 2.84. The van der Waals surface area contributed by atoms with Crippen LogP contribution in [0.1, 0.15) is 32.4 Å². The van der Waals surface area contributed by atoms with Crippen molar-refractivity contribution < 1.29 is 13.2 Å². The first-order valence-electron chi connectivity index (χ1n) is 7.43. The van der Waals surface area contributed by atoms with Gasteiger partial charge in [-0.1, -0.05) is 13.8 Å². The number of nitrogens with one attached hydrogen (secondary N) is 2. The predicted molar refractivity (Wildman–Crippen MR) is 83.8 cm³/mol. The Bertz CT molecular complexity index is 512. The second-order valence-corrected chi connectivity index (χ2v) is 6.69. The van der Waals surface area contributed by atoms with Crippen molar-refractivity contribution >= 4 is 10.0 Å². The van der Waals surface area contributed by atoms with Crippen LogP contribution in [0.3, 0.4) is 0 Å². The van der Waals surface area contributed by atoms with Crippen molar-refractivity contribution in [2.75, 3.05) is 26.8 Å². The third kappa shape index (κ3) is 5.78. The summed E-state index contributed by atoms with van der Waals surface area (Å²) in [4.78, 5) is 0.320. The molecule has 0 bridgehead atoms. The van der Waals surface area contributed by atoms with Crippen molar-refractivity contribution in [3.05, 3.63) is 18.0 Å². The highest BCUT2D eigenvalue weighted by Gasteiger charge is 2.17. The third-order valence-electron chi connectivity index (χ3n) is 3.07. The van der Waals surface area contributed by atoms with E-state index in [4.69, 9.17) is 4.74 Å². The number of sulfonamides is 1. The van der Waals surface area contributed by atoms with Crippen LogP contribution in [0.5, 0.6) is 0 Å². The molecule has 2 N–H and O–H groups in total. The van der Waals surface area contributed by atoms with E-state index in [0.29, 0.717) is 18.0 Å². The smallest absolute Gasteiger partial charge is 0.242 e. The van der Waals surface area contributed by atoms with E-state index in [-0.39, 0.29) is 6.54 Å². The van der Waals surface area contributed by atoms with Gasteiger partial charge in [-0.2, -0.15) is 0 Å². The van der Waals surface area contributed by atoms with Gasteiger partial charge in [-0.15, -0.1) is 0 Å². The maximum Gasteiger partial charge on any atom is 0.242 e. The summed E-state index contributed by atoms with van der Waals surface area (Å²) in [7, 11) is -1.92. The first-order valence-corrected chi connectivity index (χ1v) is 8.91. The SMILES string of the molecule is CCCNCc1cc(S(=O)(=O)NCCOC)cn1CCC. The molecule has 1 heterocycles. The highest BCUT2D eigenvalue weighted by atomic mass is 32.2. The molecule has 21 heavy (non-hydrogen) atoms. The molecule has 0 unspecified atom stereocenters. The fourth-order valence-corrected chi connectivity index (χ4v) is 3.10. The summed E-state index contributed by atoms with van der Waals surface area (Å²) >= 11 is 0. The minimum atomic E-state index is -3.46. The Morgan fingerprint density at radius 1 is 1.24 bits per heavy atom. The van der Waals surface area contributed by atoms with Crippen LogP contribution < -0.4 is 10.0 Å². The summed E-state index contributed by atoms with van der Waals surface area (Å²) in [5, 5.41) is 3.31. The fraction of sp³-hybridized carbons (Fsp3) is 0.714. The molecule has 0 aromatic carbocycles. The Morgan fingerprint density at radius 2 is 2.00 bits per heavy atom. The standard InChI is InChI=1S/C14H27N3O3S/c1-4-6-15-11-13-10-14(12-17(13)8-5-2)21(18,19)16-7-9-20-3/h10,12,15-16H,4-9,11H2,1-3H3. The van der Waals surface area contributed by atoms with E-state index in [1.807, 2.05) is 4.57 Å². The number of ether oxygens (including phenoxy) is 1.